The molecule has 1 aromatic heterocycles. The van der Waals surface area contributed by atoms with Gasteiger partial charge in [0.15, 0.2) is 5.03 Å². The van der Waals surface area contributed by atoms with Crippen molar-refractivity contribution in [2.75, 3.05) is 4.72 Å². The summed E-state index contributed by atoms with van der Waals surface area (Å²) in [5.74, 6) is -0.0240. The average Bonchev–Trinajstić information content (AvgIpc) is 2.79. The second kappa shape index (κ2) is 4.81. The minimum Gasteiger partial charge on any atom is -0.506 e. The third-order valence-electron chi connectivity index (χ3n) is 2.40. The van der Waals surface area contributed by atoms with Gasteiger partial charge < -0.3 is 10.1 Å². The van der Waals surface area contributed by atoms with Crippen molar-refractivity contribution in [2.45, 2.75) is 11.9 Å². The third-order valence-corrected chi connectivity index (χ3v) is 3.68. The molecule has 10 heteroatoms. The normalized spacial score (nSPS) is 11.2. The number of anilines is 1. The van der Waals surface area contributed by atoms with E-state index in [9.17, 15) is 23.6 Å². The van der Waals surface area contributed by atoms with Crippen molar-refractivity contribution in [2.24, 2.45) is 0 Å². The summed E-state index contributed by atoms with van der Waals surface area (Å²) in [6, 6.07) is 3.03. The molecule has 0 aliphatic rings. The van der Waals surface area contributed by atoms with E-state index in [0.29, 0.717) is 5.82 Å². The van der Waals surface area contributed by atoms with Gasteiger partial charge in [-0.2, -0.15) is 8.42 Å². The number of phenols is 1. The van der Waals surface area contributed by atoms with E-state index in [2.05, 4.69) is 14.7 Å². The maximum Gasteiger partial charge on any atom is 0.279 e. The van der Waals surface area contributed by atoms with Gasteiger partial charge in [0.1, 0.15) is 11.6 Å². The highest BCUT2D eigenvalue weighted by molar-refractivity contribution is 7.92. The van der Waals surface area contributed by atoms with Gasteiger partial charge in [0.2, 0.25) is 0 Å². The van der Waals surface area contributed by atoms with E-state index in [1.165, 1.54) is 0 Å². The van der Waals surface area contributed by atoms with Gasteiger partial charge in [-0.3, -0.25) is 14.8 Å². The Morgan fingerprint density at radius 3 is 2.70 bits per heavy atom. The third kappa shape index (κ3) is 2.69. The molecule has 0 saturated heterocycles. The van der Waals surface area contributed by atoms with Crippen LogP contribution in [0.3, 0.4) is 0 Å². The minimum absolute atomic E-state index is 0.207. The molecule has 2 aromatic rings. The molecule has 0 radical (unpaired) electrons. The predicted molar refractivity (Wildman–Crippen MR) is 68.9 cm³/mol. The van der Waals surface area contributed by atoms with E-state index < -0.39 is 20.7 Å². The van der Waals surface area contributed by atoms with Crippen LogP contribution in [0.2, 0.25) is 0 Å². The number of nitro groups is 1. The van der Waals surface area contributed by atoms with Crippen molar-refractivity contribution in [3.63, 3.8) is 0 Å². The van der Waals surface area contributed by atoms with Gasteiger partial charge in [0, 0.05) is 12.1 Å². The van der Waals surface area contributed by atoms with Crippen molar-refractivity contribution < 1.29 is 18.4 Å². The second-order valence-corrected chi connectivity index (χ2v) is 5.55. The molecule has 0 fully saturated rings. The number of nitrogens with zero attached hydrogens (tertiary/aromatic N) is 2. The number of hydrogen-bond donors (Lipinski definition) is 3. The van der Waals surface area contributed by atoms with Gasteiger partial charge in [-0.25, -0.2) is 4.98 Å². The number of sulfonamides is 1. The number of aromatic nitrogens is 2. The number of phenolic OH excluding ortho intramolecular Hbond substituents is 1. The molecule has 0 spiro atoms. The lowest BCUT2D eigenvalue weighted by Crippen LogP contribution is -2.13. The number of hydrogen-bond acceptors (Lipinski definition) is 6. The fraction of sp³-hybridized carbons (Fsp3) is 0.100. The molecule has 0 aliphatic carbocycles. The van der Waals surface area contributed by atoms with Crippen LogP contribution in [0, 0.1) is 17.0 Å². The lowest BCUT2D eigenvalue weighted by atomic mass is 10.2. The molecule has 0 aliphatic heterocycles. The minimum atomic E-state index is -4.01. The van der Waals surface area contributed by atoms with Crippen LogP contribution < -0.4 is 4.72 Å². The van der Waals surface area contributed by atoms with E-state index in [0.717, 1.165) is 24.4 Å². The summed E-state index contributed by atoms with van der Waals surface area (Å²) in [4.78, 5) is 16.2. The van der Waals surface area contributed by atoms with Crippen LogP contribution >= 0.6 is 0 Å². The van der Waals surface area contributed by atoms with Crippen LogP contribution in [0.25, 0.3) is 0 Å². The van der Waals surface area contributed by atoms with Crippen molar-refractivity contribution in [1.29, 1.82) is 0 Å². The van der Waals surface area contributed by atoms with Crippen LogP contribution in [0.1, 0.15) is 5.82 Å². The summed E-state index contributed by atoms with van der Waals surface area (Å²) >= 11 is 0. The monoisotopic (exact) mass is 298 g/mol. The summed E-state index contributed by atoms with van der Waals surface area (Å²) in [7, 11) is -4.01. The summed E-state index contributed by atoms with van der Waals surface area (Å²) in [6.07, 6.45) is 1.10. The molecule has 0 atom stereocenters. The molecule has 9 nitrogen and oxygen atoms in total. The molecule has 1 heterocycles. The first-order valence-corrected chi connectivity index (χ1v) is 6.80. The number of aryl methyl sites for hydroxylation is 1. The van der Waals surface area contributed by atoms with Gasteiger partial charge in [-0.1, -0.05) is 0 Å². The van der Waals surface area contributed by atoms with Crippen molar-refractivity contribution in [3.8, 4) is 5.75 Å². The zero-order valence-corrected chi connectivity index (χ0v) is 11.0. The van der Waals surface area contributed by atoms with E-state index in [1.807, 2.05) is 0 Å². The Labute approximate surface area is 113 Å². The Morgan fingerprint density at radius 2 is 2.15 bits per heavy atom. The topological polar surface area (TPSA) is 138 Å². The van der Waals surface area contributed by atoms with Crippen LogP contribution in [0.4, 0.5) is 11.4 Å². The number of benzene rings is 1. The van der Waals surface area contributed by atoms with Gasteiger partial charge in [0.25, 0.3) is 15.7 Å². The van der Waals surface area contributed by atoms with Crippen LogP contribution in [0.15, 0.2) is 29.4 Å². The molecular weight excluding hydrogens is 288 g/mol. The molecule has 0 bridgehead atoms. The van der Waals surface area contributed by atoms with Crippen molar-refractivity contribution in [1.82, 2.24) is 9.97 Å². The Balaban J connectivity index is 2.39. The first-order valence-electron chi connectivity index (χ1n) is 5.31. The predicted octanol–water partition coefficient (Wildman–Crippen LogP) is 1.13. The summed E-state index contributed by atoms with van der Waals surface area (Å²) < 4.78 is 26.0. The number of nitro benzene ring substituents is 1. The number of aromatic amines is 1. The molecule has 0 unspecified atom stereocenters. The fourth-order valence-electron chi connectivity index (χ4n) is 1.45. The van der Waals surface area contributed by atoms with E-state index in [-0.39, 0.29) is 16.4 Å². The molecule has 106 valence electrons. The standard InChI is InChI=1S/C10H10N4O5S/c1-6-11-5-10(12-6)20(18,19)13-8-4-7(14(16)17)2-3-9(8)15/h2-5,13,15H,1H3,(H,11,12). The Morgan fingerprint density at radius 1 is 1.45 bits per heavy atom. The lowest BCUT2D eigenvalue weighted by Gasteiger charge is -2.07. The number of nitrogens with one attached hydrogen (secondary N) is 2. The van der Waals surface area contributed by atoms with Gasteiger partial charge in [-0.05, 0) is 13.0 Å². The summed E-state index contributed by atoms with van der Waals surface area (Å²) in [6.45, 7) is 1.57. The number of non-ortho nitro benzene ring substituents is 1. The molecule has 2 rings (SSSR count). The smallest absolute Gasteiger partial charge is 0.279 e. The number of H-pyrrole nitrogens is 1. The number of rotatable bonds is 4. The quantitative estimate of drug-likeness (QED) is 0.439. The molecule has 1 aromatic carbocycles. The highest BCUT2D eigenvalue weighted by atomic mass is 32.2. The zero-order valence-electron chi connectivity index (χ0n) is 10.2. The van der Waals surface area contributed by atoms with Crippen LogP contribution in [0.5, 0.6) is 5.75 Å². The van der Waals surface area contributed by atoms with Crippen LogP contribution in [-0.2, 0) is 10.0 Å². The van der Waals surface area contributed by atoms with Crippen LogP contribution in [-0.4, -0.2) is 28.4 Å². The molecule has 3 N–H and O–H groups in total. The van der Waals surface area contributed by atoms with Gasteiger partial charge in [-0.15, -0.1) is 0 Å². The summed E-state index contributed by atoms with van der Waals surface area (Å²) in [5.41, 5.74) is -0.632. The Bertz CT molecular complexity index is 768. The molecule has 0 saturated carbocycles. The first kappa shape index (κ1) is 13.8. The lowest BCUT2D eigenvalue weighted by molar-refractivity contribution is -0.384. The van der Waals surface area contributed by atoms with E-state index in [4.69, 9.17) is 0 Å². The number of aromatic hydroxyl groups is 1. The largest absolute Gasteiger partial charge is 0.506 e. The molecular formula is C10H10N4O5S. The summed E-state index contributed by atoms with van der Waals surface area (Å²) in [5, 5.41) is 20.0. The van der Waals surface area contributed by atoms with E-state index >= 15 is 0 Å². The maximum absolute atomic E-state index is 12.0. The van der Waals surface area contributed by atoms with Crippen molar-refractivity contribution in [3.05, 3.63) is 40.3 Å². The zero-order chi connectivity index (χ0) is 14.9. The maximum atomic E-state index is 12.0. The second-order valence-electron chi connectivity index (χ2n) is 3.90. The first-order chi connectivity index (χ1) is 9.29. The Kier molecular flexibility index (Phi) is 3.32. The van der Waals surface area contributed by atoms with Gasteiger partial charge >= 0.3 is 0 Å². The van der Waals surface area contributed by atoms with E-state index in [1.54, 1.807) is 6.92 Å². The SMILES string of the molecule is Cc1ncc(S(=O)(=O)Nc2cc([N+](=O)[O-])ccc2O)[nH]1. The Hall–Kier alpha value is -2.62. The molecule has 20 heavy (non-hydrogen) atoms. The fourth-order valence-corrected chi connectivity index (χ4v) is 2.49. The highest BCUT2D eigenvalue weighted by Crippen LogP contribution is 2.29. The highest BCUT2D eigenvalue weighted by Gasteiger charge is 2.20. The van der Waals surface area contributed by atoms with Crippen molar-refractivity contribution >= 4 is 21.4 Å². The number of imidazole rings is 1. The van der Waals surface area contributed by atoms with Gasteiger partial charge in [0.05, 0.1) is 16.8 Å². The molecule has 0 amide bonds. The average molecular weight is 298 g/mol.